The lowest BCUT2D eigenvalue weighted by Crippen LogP contribution is -2.58. The van der Waals surface area contributed by atoms with Crippen LogP contribution in [0.25, 0.3) is 0 Å². The van der Waals surface area contributed by atoms with Crippen molar-refractivity contribution in [3.63, 3.8) is 0 Å². The number of ether oxygens (including phenoxy) is 1. The average Bonchev–Trinajstić information content (AvgIpc) is 1.53. The number of Topliss-reactive ketones (excluding diaryl/α,β-unsaturated/α-hetero) is 6. The van der Waals surface area contributed by atoms with Gasteiger partial charge in [-0.25, -0.2) is 4.79 Å². The number of ketones is 6. The number of benzene rings is 2. The molecule has 8 rings (SSSR count). The van der Waals surface area contributed by atoms with Crippen LogP contribution in [0.15, 0.2) is 60.7 Å². The minimum Gasteiger partial charge on any atom is -0.444 e. The van der Waals surface area contributed by atoms with Gasteiger partial charge in [-0.3, -0.25) is 57.5 Å². The van der Waals surface area contributed by atoms with Crippen LogP contribution in [0.2, 0.25) is 0 Å². The highest BCUT2D eigenvalue weighted by atomic mass is 127. The van der Waals surface area contributed by atoms with Gasteiger partial charge in [0.05, 0.1) is 18.1 Å². The fourth-order valence-corrected chi connectivity index (χ4v) is 14.4. The largest absolute Gasteiger partial charge is 0.444 e. The van der Waals surface area contributed by atoms with Gasteiger partial charge in [0, 0.05) is 95.6 Å². The lowest BCUT2D eigenvalue weighted by atomic mass is 9.83. The third-order valence-electron chi connectivity index (χ3n) is 20.8. The lowest BCUT2D eigenvalue weighted by Gasteiger charge is -2.38. The number of carbonyl (C=O) groups is 13. The van der Waals surface area contributed by atoms with Crippen LogP contribution in [-0.4, -0.2) is 171 Å². The highest BCUT2D eigenvalue weighted by Gasteiger charge is 2.71. The van der Waals surface area contributed by atoms with Crippen molar-refractivity contribution in [1.82, 2.24) is 35.6 Å². The van der Waals surface area contributed by atoms with Crippen LogP contribution in [0.3, 0.4) is 0 Å². The molecule has 5 N–H and O–H groups in total. The van der Waals surface area contributed by atoms with Gasteiger partial charge in [-0.1, -0.05) is 192 Å². The van der Waals surface area contributed by atoms with E-state index in [0.717, 1.165) is 29.6 Å². The van der Waals surface area contributed by atoms with Crippen LogP contribution in [0.4, 0.5) is 4.79 Å². The molecule has 102 heavy (non-hydrogen) atoms. The van der Waals surface area contributed by atoms with Gasteiger partial charge in [0.2, 0.25) is 47.0 Å². The molecule has 6 fully saturated rings. The van der Waals surface area contributed by atoms with Crippen molar-refractivity contribution in [3.8, 4) is 0 Å². The van der Waals surface area contributed by atoms with Crippen LogP contribution < -0.4 is 21.7 Å². The fraction of sp³-hybridized carbons (Fsp3) is 0.679. The van der Waals surface area contributed by atoms with Crippen LogP contribution in [0.5, 0.6) is 0 Å². The number of amides is 7. The fourth-order valence-electron chi connectivity index (χ4n) is 14.4. The van der Waals surface area contributed by atoms with Gasteiger partial charge in [-0.05, 0) is 102 Å². The number of halogens is 2. The summed E-state index contributed by atoms with van der Waals surface area (Å²) in [6.45, 7) is 29.9. The normalized spacial score (nSPS) is 22.2. The lowest BCUT2D eigenvalue weighted by molar-refractivity contribution is -0.145. The molecule has 24 heteroatoms. The summed E-state index contributed by atoms with van der Waals surface area (Å²) < 4.78 is 6.26. The van der Waals surface area contributed by atoms with Crippen molar-refractivity contribution in [3.05, 3.63) is 71.8 Å². The molecule has 2 saturated heterocycles. The van der Waals surface area contributed by atoms with E-state index in [9.17, 15) is 62.3 Å². The molecular weight excluding hydrogens is 1440 g/mol. The number of nitrogens with zero attached hydrogens (tertiary/aromatic N) is 4. The van der Waals surface area contributed by atoms with E-state index in [1.165, 1.54) is 9.80 Å². The number of rotatable bonds is 29. The van der Waals surface area contributed by atoms with E-state index in [4.69, 9.17) is 10.5 Å². The van der Waals surface area contributed by atoms with Crippen LogP contribution in [0.1, 0.15) is 204 Å². The molecule has 7 amide bonds. The Balaban J connectivity index is 0.000000349. The third kappa shape index (κ3) is 23.0. The average molecular weight is 1550 g/mol. The number of piperidine rings is 2. The summed E-state index contributed by atoms with van der Waals surface area (Å²) in [6.07, 6.45) is 2.29. The van der Waals surface area contributed by atoms with Crippen molar-refractivity contribution < 1.29 is 67.1 Å². The number of nitrogens with one attached hydrogen (secondary N) is 3. The number of carbonyl (C=O) groups excluding carboxylic acids is 13. The van der Waals surface area contributed by atoms with E-state index in [2.05, 4.69) is 80.1 Å². The molecule has 4 unspecified atom stereocenters. The third-order valence-corrected chi connectivity index (χ3v) is 20.8. The molecule has 2 aliphatic heterocycles. The second kappa shape index (κ2) is 35.1. The zero-order chi connectivity index (χ0) is 75.9. The Kier molecular flexibility index (Phi) is 29.6. The molecule has 12 atom stereocenters. The Labute approximate surface area is 624 Å². The number of alkyl halides is 1. The Morgan fingerprint density at radius 3 is 1.20 bits per heavy atom. The Morgan fingerprint density at radius 2 is 0.892 bits per heavy atom. The molecule has 2 heterocycles. The van der Waals surface area contributed by atoms with E-state index in [-0.39, 0.29) is 132 Å². The van der Waals surface area contributed by atoms with Crippen molar-refractivity contribution in [2.24, 2.45) is 74.7 Å². The minimum absolute atomic E-state index is 0. The molecule has 22 nitrogen and oxygen atoms in total. The van der Waals surface area contributed by atoms with E-state index in [0.29, 0.717) is 37.1 Å². The number of likely N-dealkylation sites (tertiary alicyclic amines) is 2. The monoisotopic (exact) mass is 1550 g/mol. The number of likely N-dealkylation sites (N-methyl/N-ethyl adjacent to an activating group) is 2. The number of hydrogen-bond donors (Lipinski definition) is 4. The summed E-state index contributed by atoms with van der Waals surface area (Å²) in [5.74, 6) is -6.52. The molecule has 0 bridgehead atoms. The van der Waals surface area contributed by atoms with Crippen molar-refractivity contribution in [2.75, 3.05) is 41.3 Å². The highest BCUT2D eigenvalue weighted by Crippen LogP contribution is 2.66. The molecule has 0 spiro atoms. The van der Waals surface area contributed by atoms with Gasteiger partial charge in [0.15, 0.2) is 23.1 Å². The Bertz CT molecular complexity index is 3380. The van der Waals surface area contributed by atoms with Gasteiger partial charge in [-0.2, -0.15) is 0 Å². The summed E-state index contributed by atoms with van der Waals surface area (Å²) in [5, 5.41) is 8.16. The second-order valence-corrected chi connectivity index (χ2v) is 36.5. The molecule has 4 saturated carbocycles. The van der Waals surface area contributed by atoms with Crippen LogP contribution in [0, 0.1) is 69.0 Å². The summed E-state index contributed by atoms with van der Waals surface area (Å²) >= 11 is 2.34. The van der Waals surface area contributed by atoms with Crippen molar-refractivity contribution >= 4 is 111 Å². The molecule has 2 aromatic rings. The molecular formula is C78H116ClIN8O14. The minimum atomic E-state index is -0.968. The van der Waals surface area contributed by atoms with Gasteiger partial charge < -0.3 is 46.0 Å². The highest BCUT2D eigenvalue weighted by molar-refractivity contribution is 14.1. The zero-order valence-electron chi connectivity index (χ0n) is 63.7. The van der Waals surface area contributed by atoms with Crippen LogP contribution in [-0.2, 0) is 62.3 Å². The van der Waals surface area contributed by atoms with Gasteiger partial charge in [0.1, 0.15) is 23.7 Å². The van der Waals surface area contributed by atoms with Crippen molar-refractivity contribution in [2.45, 2.75) is 227 Å². The first-order chi connectivity index (χ1) is 46.7. The zero-order valence-corrected chi connectivity index (χ0v) is 66.7. The summed E-state index contributed by atoms with van der Waals surface area (Å²) in [5.41, 5.74) is 5.31. The van der Waals surface area contributed by atoms with E-state index < -0.39 is 106 Å². The van der Waals surface area contributed by atoms with Gasteiger partial charge in [0.25, 0.3) is 0 Å². The van der Waals surface area contributed by atoms with Crippen LogP contribution >= 0.6 is 35.0 Å². The second-order valence-electron chi connectivity index (χ2n) is 34.0. The van der Waals surface area contributed by atoms with E-state index >= 15 is 0 Å². The summed E-state index contributed by atoms with van der Waals surface area (Å²) in [6, 6.07) is 12.5. The molecule has 0 aromatic heterocycles. The Morgan fingerprint density at radius 1 is 0.549 bits per heavy atom. The molecule has 2 aromatic carbocycles. The predicted molar refractivity (Wildman–Crippen MR) is 400 cm³/mol. The predicted octanol–water partition coefficient (Wildman–Crippen LogP) is 9.98. The summed E-state index contributed by atoms with van der Waals surface area (Å²) in [7, 11) is 6.36. The maximum Gasteiger partial charge on any atom is 0.408 e. The van der Waals surface area contributed by atoms with Crippen molar-refractivity contribution in [1.29, 1.82) is 0 Å². The van der Waals surface area contributed by atoms with Gasteiger partial charge in [-0.15, -0.1) is 12.4 Å². The molecule has 4 aliphatic carbocycles. The quantitative estimate of drug-likeness (QED) is 0.0334. The summed E-state index contributed by atoms with van der Waals surface area (Å²) in [4.78, 5) is 180. The topological polar surface area (TPSA) is 306 Å². The maximum absolute atomic E-state index is 14.3. The first-order valence-corrected chi connectivity index (χ1v) is 37.3. The maximum atomic E-state index is 14.3. The van der Waals surface area contributed by atoms with E-state index in [1.807, 2.05) is 47.6 Å². The first-order valence-electron chi connectivity index (χ1n) is 36.0. The molecule has 0 radical (unpaired) electrons. The number of nitrogens with two attached hydrogens (primary N) is 1. The number of fused-ring (bicyclic) bond motifs is 2. The van der Waals surface area contributed by atoms with Gasteiger partial charge >= 0.3 is 6.09 Å². The van der Waals surface area contributed by atoms with E-state index in [1.54, 1.807) is 113 Å². The number of alkyl carbamates (subject to hydrolysis) is 1. The standard InChI is InChI=1S/C40H58N4O8.C35H50N4O6.C3H7I.ClH/c1-38(2,3)34(42-37(51)52-39(4,5)6)36(50)44-22-26-30(40(26,7)8)32(44)28(46)21-25(20-23-16-17-23)33(48)27(45)18-19-29(47)41-31(35(49)43(9)10)24-14-12-11-13-15-24;1-34(2,3)31(36)33(45)39-19-23-27(35(23,4)5)29(39)25(41)18-22(17-20-13-14-20)30(43)24(40)15-16-26(42)37-28(32(44)38(6)7)21-11-9-8-10-12-21;1-3(2)4;/h11-15,23,25-26,30-32,34H,16-22H2,1-10H3,(H,41,47)(H,42,51);8-12,20,22-23,27-29,31H,13-19,36H2,1-7H3,(H,37,42);3H,1-2H3;1H/t25?,26?,30-,31-,32+,34+;22?,23?,27-,28-,29+,31+;;/m00../s1. The molecule has 6 aliphatic rings. The number of hydrogen-bond acceptors (Lipinski definition) is 15. The first kappa shape index (κ1) is 86.2. The smallest absolute Gasteiger partial charge is 0.408 e. The Hall–Kier alpha value is -6.47. The SMILES string of the molecule is CC(C)I.CN(C)C(=O)[C@@H](NC(=O)CCC(=O)C(=O)C(CC(=O)[C@@H]1[C@@H]2C(CN1C(=O)[C@@H](N)C(C)(C)C)C2(C)C)CC1CC1)c1ccccc1.CN(C)C(=O)[C@@H](NC(=O)CCC(=O)C(=O)C(CC(=O)[C@@H]1[C@@H]2C(CN1C(=O)[C@@H](NC(=O)OC(C)(C)C)C(C)(C)C)C2(C)C)CC1CC1)c1ccccc1.Cl. The molecule has 566 valence electrons.